The molecule has 0 saturated carbocycles. The van der Waals surface area contributed by atoms with Crippen LogP contribution in [0.4, 0.5) is 5.95 Å². The molecular weight excluding hydrogens is 374 g/mol. The van der Waals surface area contributed by atoms with E-state index in [1.165, 1.54) is 21.7 Å². The van der Waals surface area contributed by atoms with Crippen LogP contribution in [-0.2, 0) is 10.3 Å². The Morgan fingerprint density at radius 3 is 2.62 bits per heavy atom. The molecule has 0 radical (unpaired) electrons. The maximum absolute atomic E-state index is 12.3. The monoisotopic (exact) mass is 389 g/mol. The normalized spacial score (nSPS) is 13.7. The topological polar surface area (TPSA) is 137 Å². The summed E-state index contributed by atoms with van der Waals surface area (Å²) in [5.41, 5.74) is 5.86. The van der Waals surface area contributed by atoms with Crippen molar-refractivity contribution in [3.8, 4) is 11.6 Å². The predicted octanol–water partition coefficient (Wildman–Crippen LogP) is 2.16. The van der Waals surface area contributed by atoms with Gasteiger partial charge in [0.25, 0.3) is 0 Å². The van der Waals surface area contributed by atoms with E-state index in [0.29, 0.717) is 33.8 Å². The molecule has 10 heteroatoms. The Kier molecular flexibility index (Phi) is 3.44. The second-order valence-electron chi connectivity index (χ2n) is 6.66. The highest BCUT2D eigenvalue weighted by Gasteiger charge is 2.40. The third kappa shape index (κ3) is 2.32. The summed E-state index contributed by atoms with van der Waals surface area (Å²) < 4.78 is 8.08. The number of aromatic nitrogens is 6. The first-order valence-electron chi connectivity index (χ1n) is 8.73. The minimum Gasteiger partial charge on any atom is -0.479 e. The molecule has 1 aromatic carbocycles. The maximum Gasteiger partial charge on any atom is 0.336 e. The van der Waals surface area contributed by atoms with Gasteiger partial charge in [0, 0.05) is 0 Å². The van der Waals surface area contributed by atoms with Gasteiger partial charge in [-0.25, -0.2) is 14.5 Å². The summed E-state index contributed by atoms with van der Waals surface area (Å²) in [5, 5.41) is 19.3. The zero-order chi connectivity index (χ0) is 20.2. The van der Waals surface area contributed by atoms with Gasteiger partial charge in [0.2, 0.25) is 11.8 Å². The molecule has 0 saturated heterocycles. The molecule has 0 fully saturated rings. The second kappa shape index (κ2) is 5.89. The molecule has 0 aliphatic carbocycles. The van der Waals surface area contributed by atoms with E-state index in [-0.39, 0.29) is 5.95 Å². The summed E-state index contributed by atoms with van der Waals surface area (Å²) in [6.45, 7) is 1.57. The fraction of sp³-hybridized carbons (Fsp3) is 0.105. The molecule has 0 aliphatic rings. The average molecular weight is 389 g/mol. The minimum absolute atomic E-state index is 0.0559. The number of carboxylic acids is 1. The molecule has 29 heavy (non-hydrogen) atoms. The van der Waals surface area contributed by atoms with Crippen LogP contribution in [0.2, 0.25) is 0 Å². The van der Waals surface area contributed by atoms with E-state index in [9.17, 15) is 9.90 Å². The van der Waals surface area contributed by atoms with Crippen molar-refractivity contribution in [3.05, 3.63) is 60.5 Å². The van der Waals surface area contributed by atoms with Gasteiger partial charge in [0.05, 0.1) is 17.8 Å². The van der Waals surface area contributed by atoms with Crippen molar-refractivity contribution < 1.29 is 14.3 Å². The molecule has 0 bridgehead atoms. The van der Waals surface area contributed by atoms with Crippen LogP contribution in [0.5, 0.6) is 0 Å². The third-order valence-electron chi connectivity index (χ3n) is 4.95. The van der Waals surface area contributed by atoms with Crippen LogP contribution in [0.25, 0.3) is 28.3 Å². The summed E-state index contributed by atoms with van der Waals surface area (Å²) >= 11 is 0. The first-order chi connectivity index (χ1) is 14.0. The number of hydrogen-bond donors (Lipinski definition) is 2. The number of fused-ring (bicyclic) bond motifs is 3. The van der Waals surface area contributed by atoms with Crippen molar-refractivity contribution in [3.63, 3.8) is 0 Å². The predicted molar refractivity (Wildman–Crippen MR) is 103 cm³/mol. The fourth-order valence-electron chi connectivity index (χ4n) is 3.35. The smallest absolute Gasteiger partial charge is 0.336 e. The fourth-order valence-corrected chi connectivity index (χ4v) is 3.35. The summed E-state index contributed by atoms with van der Waals surface area (Å²) in [7, 11) is 0. The summed E-state index contributed by atoms with van der Waals surface area (Å²) in [5.74, 6) is -0.201. The summed E-state index contributed by atoms with van der Waals surface area (Å²) in [4.78, 5) is 21.2. The van der Waals surface area contributed by atoms with Crippen LogP contribution in [0.3, 0.4) is 0 Å². The van der Waals surface area contributed by atoms with Crippen molar-refractivity contribution in [1.82, 2.24) is 29.4 Å². The van der Waals surface area contributed by atoms with E-state index in [1.807, 2.05) is 6.07 Å². The highest BCUT2D eigenvalue weighted by molar-refractivity contribution is 5.92. The Labute approximate surface area is 163 Å². The van der Waals surface area contributed by atoms with Crippen molar-refractivity contribution in [1.29, 1.82) is 0 Å². The molecule has 0 spiro atoms. The molecule has 0 aliphatic heterocycles. The van der Waals surface area contributed by atoms with Crippen LogP contribution in [0, 0.1) is 0 Å². The number of benzene rings is 1. The Hall–Kier alpha value is -4.21. The van der Waals surface area contributed by atoms with E-state index >= 15 is 0 Å². The zero-order valence-corrected chi connectivity index (χ0v) is 15.2. The Balaban J connectivity index is 1.79. The van der Waals surface area contributed by atoms with Crippen molar-refractivity contribution in [2.24, 2.45) is 0 Å². The highest BCUT2D eigenvalue weighted by Crippen LogP contribution is 2.31. The molecule has 5 rings (SSSR count). The van der Waals surface area contributed by atoms with Gasteiger partial charge in [-0.15, -0.1) is 5.10 Å². The van der Waals surface area contributed by atoms with Gasteiger partial charge < -0.3 is 15.3 Å². The molecule has 1 atom stereocenters. The minimum atomic E-state index is -1.50. The molecule has 144 valence electrons. The van der Waals surface area contributed by atoms with E-state index < -0.39 is 11.5 Å². The SMILES string of the molecule is CC(C(=O)O)(c1ccccc1)n1ncc2c1nc(N)n1nc(-c3ccco3)nc21. The lowest BCUT2D eigenvalue weighted by Gasteiger charge is -2.26. The quantitative estimate of drug-likeness (QED) is 0.477. The Bertz CT molecular complexity index is 1360. The van der Waals surface area contributed by atoms with Gasteiger partial charge in [-0.3, -0.25) is 0 Å². The van der Waals surface area contributed by atoms with Crippen molar-refractivity contribution in [2.45, 2.75) is 12.5 Å². The van der Waals surface area contributed by atoms with Crippen LogP contribution >= 0.6 is 0 Å². The van der Waals surface area contributed by atoms with Gasteiger partial charge in [-0.1, -0.05) is 30.3 Å². The lowest BCUT2D eigenvalue weighted by atomic mass is 9.92. The summed E-state index contributed by atoms with van der Waals surface area (Å²) in [6.07, 6.45) is 3.04. The lowest BCUT2D eigenvalue weighted by Crippen LogP contribution is -2.41. The Morgan fingerprint density at radius 2 is 1.93 bits per heavy atom. The first kappa shape index (κ1) is 16.9. The molecule has 1 unspecified atom stereocenters. The van der Waals surface area contributed by atoms with E-state index in [4.69, 9.17) is 10.2 Å². The van der Waals surface area contributed by atoms with E-state index in [0.717, 1.165) is 0 Å². The maximum atomic E-state index is 12.3. The highest BCUT2D eigenvalue weighted by atomic mass is 16.4. The van der Waals surface area contributed by atoms with E-state index in [2.05, 4.69) is 20.2 Å². The molecule has 4 heterocycles. The van der Waals surface area contributed by atoms with Crippen LogP contribution in [-0.4, -0.2) is 40.4 Å². The molecule has 4 aromatic heterocycles. The number of anilines is 1. The van der Waals surface area contributed by atoms with Crippen LogP contribution < -0.4 is 5.73 Å². The number of furan rings is 1. The standard InChI is InChI=1S/C19H15N7O3/c1-19(17(27)28,11-6-3-2-4-7-11)26-16-12(10-21-26)15-22-14(13-8-5-9-29-13)24-25(15)18(20)23-16/h2-10H,1H3,(H2,20,23)(H,27,28). The molecule has 3 N–H and O–H groups in total. The second-order valence-corrected chi connectivity index (χ2v) is 6.66. The first-order valence-corrected chi connectivity index (χ1v) is 8.73. The molecule has 5 aromatic rings. The van der Waals surface area contributed by atoms with Crippen LogP contribution in [0.1, 0.15) is 12.5 Å². The number of carboxylic acid groups (broad SMARTS) is 1. The summed E-state index contributed by atoms with van der Waals surface area (Å²) in [6, 6.07) is 12.3. The number of rotatable bonds is 4. The van der Waals surface area contributed by atoms with Crippen LogP contribution in [0.15, 0.2) is 59.3 Å². The zero-order valence-electron chi connectivity index (χ0n) is 15.2. The number of nitrogens with zero attached hydrogens (tertiary/aromatic N) is 6. The number of hydrogen-bond acceptors (Lipinski definition) is 7. The molecule has 0 amide bonds. The number of aliphatic carboxylic acids is 1. The third-order valence-corrected chi connectivity index (χ3v) is 4.95. The van der Waals surface area contributed by atoms with Crippen molar-refractivity contribution in [2.75, 3.05) is 5.73 Å². The number of carbonyl (C=O) groups is 1. The lowest BCUT2D eigenvalue weighted by molar-refractivity contribution is -0.144. The van der Waals surface area contributed by atoms with Gasteiger partial charge >= 0.3 is 5.97 Å². The largest absolute Gasteiger partial charge is 0.479 e. The average Bonchev–Trinajstić information content (AvgIpc) is 3.46. The van der Waals surface area contributed by atoms with Crippen molar-refractivity contribution >= 4 is 28.6 Å². The van der Waals surface area contributed by atoms with Gasteiger partial charge in [0.1, 0.15) is 0 Å². The number of nitrogens with two attached hydrogens (primary N) is 1. The molecular formula is C19H15N7O3. The van der Waals surface area contributed by atoms with Gasteiger partial charge in [-0.2, -0.15) is 14.6 Å². The van der Waals surface area contributed by atoms with Gasteiger partial charge in [0.15, 0.2) is 22.6 Å². The molecule has 10 nitrogen and oxygen atoms in total. The number of nitrogen functional groups attached to an aromatic ring is 1. The van der Waals surface area contributed by atoms with E-state index in [1.54, 1.807) is 43.3 Å². The Morgan fingerprint density at radius 1 is 1.14 bits per heavy atom. The van der Waals surface area contributed by atoms with Gasteiger partial charge in [-0.05, 0) is 24.6 Å².